The molecule has 0 radical (unpaired) electrons. The zero-order chi connectivity index (χ0) is 9.35. The fourth-order valence-corrected chi connectivity index (χ4v) is 0.960. The summed E-state index contributed by atoms with van der Waals surface area (Å²) in [6.07, 6.45) is 3.24. The van der Waals surface area contributed by atoms with Crippen molar-refractivity contribution in [3.05, 3.63) is 18.2 Å². The molecule has 0 unspecified atom stereocenters. The zero-order valence-electron chi connectivity index (χ0n) is 7.96. The first-order valence-electron chi connectivity index (χ1n) is 3.94. The lowest BCUT2D eigenvalue weighted by atomic mass is 9.89. The van der Waals surface area contributed by atoms with Gasteiger partial charge in [0, 0.05) is 12.5 Å². The molecule has 0 saturated heterocycles. The van der Waals surface area contributed by atoms with Gasteiger partial charge in [-0.1, -0.05) is 20.8 Å². The van der Waals surface area contributed by atoms with E-state index in [-0.39, 0.29) is 11.2 Å². The van der Waals surface area contributed by atoms with Crippen LogP contribution in [0, 0.1) is 5.41 Å². The van der Waals surface area contributed by atoms with Gasteiger partial charge in [-0.2, -0.15) is 0 Å². The van der Waals surface area contributed by atoms with E-state index in [1.807, 2.05) is 27.8 Å². The summed E-state index contributed by atoms with van der Waals surface area (Å²) in [6, 6.07) is 0. The average Bonchev–Trinajstić information content (AvgIpc) is 2.31. The van der Waals surface area contributed by atoms with Crippen LogP contribution in [0.5, 0.6) is 0 Å². The van der Waals surface area contributed by atoms with E-state index in [0.717, 1.165) is 0 Å². The topological polar surface area (TPSA) is 34.9 Å². The van der Waals surface area contributed by atoms with Gasteiger partial charge in [0.2, 0.25) is 0 Å². The largest absolute Gasteiger partial charge is 0.331 e. The number of rotatable bonds is 1. The Hall–Kier alpha value is -1.12. The number of carbonyl (C=O) groups is 1. The second-order valence-corrected chi connectivity index (χ2v) is 3.97. The van der Waals surface area contributed by atoms with E-state index in [4.69, 9.17) is 0 Å². The number of ketones is 1. The second-order valence-electron chi connectivity index (χ2n) is 3.97. The first-order chi connectivity index (χ1) is 5.43. The molecule has 3 heteroatoms. The SMILES string of the molecule is Cn1cncc1C(=O)C(C)(C)C. The van der Waals surface area contributed by atoms with Crippen molar-refractivity contribution in [2.24, 2.45) is 12.5 Å². The second kappa shape index (κ2) is 2.73. The third kappa shape index (κ3) is 1.55. The first kappa shape index (κ1) is 8.97. The van der Waals surface area contributed by atoms with Crippen LogP contribution in [0.25, 0.3) is 0 Å². The molecule has 0 N–H and O–H groups in total. The molecule has 3 nitrogen and oxygen atoms in total. The molecule has 0 aliphatic carbocycles. The van der Waals surface area contributed by atoms with E-state index in [0.29, 0.717) is 5.69 Å². The van der Waals surface area contributed by atoms with Crippen LogP contribution in [0.2, 0.25) is 0 Å². The molecule has 1 heterocycles. The molecule has 66 valence electrons. The smallest absolute Gasteiger partial charge is 0.186 e. The molecule has 0 aromatic carbocycles. The van der Waals surface area contributed by atoms with Crippen LogP contribution in [-0.4, -0.2) is 15.3 Å². The Kier molecular flexibility index (Phi) is 2.04. The Morgan fingerprint density at radius 1 is 1.50 bits per heavy atom. The Bertz CT molecular complexity index is 294. The van der Waals surface area contributed by atoms with Crippen molar-refractivity contribution in [1.82, 2.24) is 9.55 Å². The van der Waals surface area contributed by atoms with Gasteiger partial charge >= 0.3 is 0 Å². The summed E-state index contributed by atoms with van der Waals surface area (Å²) in [4.78, 5) is 15.6. The standard InChI is InChI=1S/C9H14N2O/c1-9(2,3)8(12)7-5-10-6-11(7)4/h5-6H,1-4H3. The van der Waals surface area contributed by atoms with Crippen LogP contribution in [0.3, 0.4) is 0 Å². The molecule has 1 aromatic heterocycles. The van der Waals surface area contributed by atoms with Gasteiger partial charge in [0.25, 0.3) is 0 Å². The van der Waals surface area contributed by atoms with E-state index in [1.165, 1.54) is 0 Å². The molecule has 0 aliphatic rings. The van der Waals surface area contributed by atoms with Crippen molar-refractivity contribution >= 4 is 5.78 Å². The quantitative estimate of drug-likeness (QED) is 0.594. The van der Waals surface area contributed by atoms with Crippen LogP contribution in [0.4, 0.5) is 0 Å². The maximum Gasteiger partial charge on any atom is 0.186 e. The molecule has 0 fully saturated rings. The molecule has 0 bridgehead atoms. The van der Waals surface area contributed by atoms with Crippen molar-refractivity contribution in [2.75, 3.05) is 0 Å². The van der Waals surface area contributed by atoms with Crippen molar-refractivity contribution < 1.29 is 4.79 Å². The average molecular weight is 166 g/mol. The summed E-state index contributed by atoms with van der Waals surface area (Å²) >= 11 is 0. The van der Waals surface area contributed by atoms with Crippen molar-refractivity contribution in [3.63, 3.8) is 0 Å². The highest BCUT2D eigenvalue weighted by Gasteiger charge is 2.24. The number of aromatic nitrogens is 2. The van der Waals surface area contributed by atoms with Crippen LogP contribution < -0.4 is 0 Å². The molecule has 0 spiro atoms. The predicted molar refractivity (Wildman–Crippen MR) is 47.0 cm³/mol. The van der Waals surface area contributed by atoms with Crippen molar-refractivity contribution in [3.8, 4) is 0 Å². The molecule has 1 rings (SSSR count). The van der Waals surface area contributed by atoms with Crippen LogP contribution in [0.15, 0.2) is 12.5 Å². The van der Waals surface area contributed by atoms with Gasteiger partial charge in [-0.15, -0.1) is 0 Å². The molecule has 0 atom stereocenters. The normalized spacial score (nSPS) is 11.7. The number of aryl methyl sites for hydroxylation is 1. The van der Waals surface area contributed by atoms with Crippen LogP contribution >= 0.6 is 0 Å². The van der Waals surface area contributed by atoms with Gasteiger partial charge in [-0.3, -0.25) is 4.79 Å². The molecule has 1 aromatic rings. The number of carbonyl (C=O) groups excluding carboxylic acids is 1. The minimum absolute atomic E-state index is 0.127. The maximum absolute atomic E-state index is 11.7. The number of nitrogens with zero attached hydrogens (tertiary/aromatic N) is 2. The summed E-state index contributed by atoms with van der Waals surface area (Å²) in [6.45, 7) is 5.72. The van der Waals surface area contributed by atoms with Crippen LogP contribution in [-0.2, 0) is 7.05 Å². The monoisotopic (exact) mass is 166 g/mol. The summed E-state index contributed by atoms with van der Waals surface area (Å²) in [5.41, 5.74) is 0.343. The highest BCUT2D eigenvalue weighted by Crippen LogP contribution is 2.19. The lowest BCUT2D eigenvalue weighted by Crippen LogP contribution is -2.22. The highest BCUT2D eigenvalue weighted by atomic mass is 16.1. The van der Waals surface area contributed by atoms with Gasteiger partial charge in [-0.05, 0) is 0 Å². The minimum atomic E-state index is -0.326. The van der Waals surface area contributed by atoms with Crippen molar-refractivity contribution in [2.45, 2.75) is 20.8 Å². The number of hydrogen-bond donors (Lipinski definition) is 0. The highest BCUT2D eigenvalue weighted by molar-refractivity contribution is 5.98. The Morgan fingerprint density at radius 2 is 2.08 bits per heavy atom. The molecule has 0 aliphatic heterocycles. The van der Waals surface area contributed by atoms with Gasteiger partial charge in [0.05, 0.1) is 12.5 Å². The molecular formula is C9H14N2O. The van der Waals surface area contributed by atoms with E-state index in [9.17, 15) is 4.79 Å². The summed E-state index contributed by atoms with van der Waals surface area (Å²) in [7, 11) is 1.83. The predicted octanol–water partition coefficient (Wildman–Crippen LogP) is 1.65. The van der Waals surface area contributed by atoms with E-state index in [2.05, 4.69) is 4.98 Å². The van der Waals surface area contributed by atoms with Gasteiger partial charge < -0.3 is 4.57 Å². The molecular weight excluding hydrogens is 152 g/mol. The molecule has 12 heavy (non-hydrogen) atoms. The van der Waals surface area contributed by atoms with Crippen LogP contribution in [0.1, 0.15) is 31.3 Å². The van der Waals surface area contributed by atoms with Gasteiger partial charge in [0.1, 0.15) is 5.69 Å². The fourth-order valence-electron chi connectivity index (χ4n) is 0.960. The summed E-state index contributed by atoms with van der Waals surface area (Å²) in [5.74, 6) is 0.127. The third-order valence-corrected chi connectivity index (χ3v) is 1.73. The lowest BCUT2D eigenvalue weighted by Gasteiger charge is -2.15. The Morgan fingerprint density at radius 3 is 2.42 bits per heavy atom. The van der Waals surface area contributed by atoms with Gasteiger partial charge in [0.15, 0.2) is 5.78 Å². The number of Topliss-reactive ketones (excluding diaryl/α,β-unsaturated/α-hetero) is 1. The minimum Gasteiger partial charge on any atom is -0.331 e. The Balaban J connectivity index is 3.01. The summed E-state index contributed by atoms with van der Waals surface area (Å²) < 4.78 is 1.74. The zero-order valence-corrected chi connectivity index (χ0v) is 7.96. The van der Waals surface area contributed by atoms with E-state index < -0.39 is 0 Å². The van der Waals surface area contributed by atoms with E-state index in [1.54, 1.807) is 17.1 Å². The van der Waals surface area contributed by atoms with Crippen molar-refractivity contribution in [1.29, 1.82) is 0 Å². The maximum atomic E-state index is 11.7. The summed E-state index contributed by atoms with van der Waals surface area (Å²) in [5, 5.41) is 0. The van der Waals surface area contributed by atoms with E-state index >= 15 is 0 Å². The molecule has 0 saturated carbocycles. The third-order valence-electron chi connectivity index (χ3n) is 1.73. The van der Waals surface area contributed by atoms with Gasteiger partial charge in [-0.25, -0.2) is 4.98 Å². The Labute approximate surface area is 72.4 Å². The fraction of sp³-hybridized carbons (Fsp3) is 0.556. The number of hydrogen-bond acceptors (Lipinski definition) is 2. The number of imidazole rings is 1. The molecule has 0 amide bonds. The lowest BCUT2D eigenvalue weighted by molar-refractivity contribution is 0.0849. The first-order valence-corrected chi connectivity index (χ1v) is 3.94.